The van der Waals surface area contributed by atoms with Crippen molar-refractivity contribution in [3.63, 3.8) is 0 Å². The predicted molar refractivity (Wildman–Crippen MR) is 74.8 cm³/mol. The van der Waals surface area contributed by atoms with E-state index in [2.05, 4.69) is 21.8 Å². The molecule has 3 aliphatic heterocycles. The van der Waals surface area contributed by atoms with Gasteiger partial charge in [0.2, 0.25) is 5.91 Å². The zero-order chi connectivity index (χ0) is 12.5. The highest BCUT2D eigenvalue weighted by atomic mass is 32.2. The summed E-state index contributed by atoms with van der Waals surface area (Å²) in [5.41, 5.74) is 0. The molecule has 3 fully saturated rings. The van der Waals surface area contributed by atoms with Gasteiger partial charge in [-0.1, -0.05) is 0 Å². The molecule has 2 N–H and O–H groups in total. The molecule has 4 atom stereocenters. The van der Waals surface area contributed by atoms with Gasteiger partial charge in [-0.2, -0.15) is 11.8 Å². The van der Waals surface area contributed by atoms with Crippen molar-refractivity contribution in [2.75, 3.05) is 32.4 Å². The molecule has 0 aromatic carbocycles. The molecule has 5 heteroatoms. The van der Waals surface area contributed by atoms with Crippen molar-refractivity contribution < 1.29 is 4.79 Å². The Labute approximate surface area is 113 Å². The average molecular weight is 269 g/mol. The van der Waals surface area contributed by atoms with Gasteiger partial charge < -0.3 is 10.6 Å². The first-order valence-corrected chi connectivity index (χ1v) is 8.33. The number of rotatable bonds is 2. The van der Waals surface area contributed by atoms with Crippen LogP contribution >= 0.6 is 11.8 Å². The standard InChI is InChI=1S/C13H23N3OS/c1-18-12-7-14-6-11(12)16-5-4-10-9(8-16)2-3-13(17)15-10/h9-12,14H,2-8H2,1H3,(H,15,17). The van der Waals surface area contributed by atoms with Crippen molar-refractivity contribution >= 4 is 17.7 Å². The van der Waals surface area contributed by atoms with Crippen LogP contribution in [-0.2, 0) is 4.79 Å². The Morgan fingerprint density at radius 3 is 3.06 bits per heavy atom. The van der Waals surface area contributed by atoms with Crippen molar-refractivity contribution in [2.24, 2.45) is 5.92 Å². The minimum absolute atomic E-state index is 0.259. The van der Waals surface area contributed by atoms with E-state index in [1.54, 1.807) is 0 Å². The van der Waals surface area contributed by atoms with Crippen LogP contribution in [0.3, 0.4) is 0 Å². The van der Waals surface area contributed by atoms with Crippen LogP contribution in [0.15, 0.2) is 0 Å². The van der Waals surface area contributed by atoms with Crippen molar-refractivity contribution in [1.29, 1.82) is 0 Å². The fourth-order valence-electron chi connectivity index (χ4n) is 3.69. The highest BCUT2D eigenvalue weighted by Crippen LogP contribution is 2.29. The van der Waals surface area contributed by atoms with Gasteiger partial charge in [-0.25, -0.2) is 0 Å². The summed E-state index contributed by atoms with van der Waals surface area (Å²) in [5, 5.41) is 7.42. The lowest BCUT2D eigenvalue weighted by Crippen LogP contribution is -2.57. The molecule has 0 saturated carbocycles. The number of piperidine rings is 2. The number of carbonyl (C=O) groups is 1. The Kier molecular flexibility index (Phi) is 3.82. The average Bonchev–Trinajstić information content (AvgIpc) is 2.86. The van der Waals surface area contributed by atoms with Gasteiger partial charge in [0.05, 0.1) is 0 Å². The monoisotopic (exact) mass is 269 g/mol. The summed E-state index contributed by atoms with van der Waals surface area (Å²) in [6.07, 6.45) is 5.16. The summed E-state index contributed by atoms with van der Waals surface area (Å²) < 4.78 is 0. The van der Waals surface area contributed by atoms with Gasteiger partial charge in [0.15, 0.2) is 0 Å². The van der Waals surface area contributed by atoms with Crippen LogP contribution in [0.4, 0.5) is 0 Å². The smallest absolute Gasteiger partial charge is 0.220 e. The molecule has 3 rings (SSSR count). The summed E-state index contributed by atoms with van der Waals surface area (Å²) in [5.74, 6) is 0.939. The first-order chi connectivity index (χ1) is 8.78. The molecule has 102 valence electrons. The number of thioether (sulfide) groups is 1. The third kappa shape index (κ3) is 2.40. The molecule has 4 nitrogen and oxygen atoms in total. The van der Waals surface area contributed by atoms with E-state index in [1.165, 1.54) is 6.54 Å². The maximum absolute atomic E-state index is 11.4. The Morgan fingerprint density at radius 2 is 2.22 bits per heavy atom. The molecule has 0 aromatic heterocycles. The van der Waals surface area contributed by atoms with Crippen LogP contribution in [-0.4, -0.2) is 60.6 Å². The van der Waals surface area contributed by atoms with Crippen molar-refractivity contribution in [3.8, 4) is 0 Å². The molecule has 3 aliphatic rings. The van der Waals surface area contributed by atoms with Gasteiger partial charge in [0.1, 0.15) is 0 Å². The van der Waals surface area contributed by atoms with Crippen LogP contribution in [0, 0.1) is 5.92 Å². The fraction of sp³-hybridized carbons (Fsp3) is 0.923. The Hall–Kier alpha value is -0.260. The number of likely N-dealkylation sites (tertiary alicyclic amines) is 1. The summed E-state index contributed by atoms with van der Waals surface area (Å²) in [6.45, 7) is 4.60. The molecule has 4 unspecified atom stereocenters. The predicted octanol–water partition coefficient (Wildman–Crippen LogP) is 0.290. The number of nitrogens with zero attached hydrogens (tertiary/aromatic N) is 1. The lowest BCUT2D eigenvalue weighted by atomic mass is 9.84. The topological polar surface area (TPSA) is 44.4 Å². The Bertz CT molecular complexity index is 325. The molecular weight excluding hydrogens is 246 g/mol. The van der Waals surface area contributed by atoms with Gasteiger partial charge >= 0.3 is 0 Å². The van der Waals surface area contributed by atoms with Crippen molar-refractivity contribution in [2.45, 2.75) is 36.6 Å². The highest BCUT2D eigenvalue weighted by Gasteiger charge is 2.39. The number of hydrogen-bond acceptors (Lipinski definition) is 4. The van der Waals surface area contributed by atoms with E-state index in [0.29, 0.717) is 18.0 Å². The maximum atomic E-state index is 11.4. The molecular formula is C13H23N3OS. The SMILES string of the molecule is CSC1CNCC1N1CCC2NC(=O)CCC2C1. The lowest BCUT2D eigenvalue weighted by molar-refractivity contribution is -0.125. The number of carbonyl (C=O) groups excluding carboxylic acids is 1. The van der Waals surface area contributed by atoms with E-state index < -0.39 is 0 Å². The van der Waals surface area contributed by atoms with E-state index in [-0.39, 0.29) is 5.91 Å². The third-order valence-corrected chi connectivity index (χ3v) is 5.84. The van der Waals surface area contributed by atoms with Crippen LogP contribution in [0.1, 0.15) is 19.3 Å². The minimum Gasteiger partial charge on any atom is -0.353 e. The molecule has 0 bridgehead atoms. The molecule has 0 aliphatic carbocycles. The highest BCUT2D eigenvalue weighted by molar-refractivity contribution is 7.99. The number of nitrogens with one attached hydrogen (secondary N) is 2. The maximum Gasteiger partial charge on any atom is 0.220 e. The number of hydrogen-bond donors (Lipinski definition) is 2. The minimum atomic E-state index is 0.259. The summed E-state index contributed by atoms with van der Waals surface area (Å²) >= 11 is 1.99. The van der Waals surface area contributed by atoms with Crippen molar-refractivity contribution in [3.05, 3.63) is 0 Å². The van der Waals surface area contributed by atoms with Gasteiger partial charge in [-0.05, 0) is 25.0 Å². The van der Waals surface area contributed by atoms with Crippen LogP contribution in [0.25, 0.3) is 0 Å². The van der Waals surface area contributed by atoms with E-state index in [9.17, 15) is 4.79 Å². The molecule has 0 spiro atoms. The van der Waals surface area contributed by atoms with Gasteiger partial charge in [0, 0.05) is 49.9 Å². The Balaban J connectivity index is 1.61. The Morgan fingerprint density at radius 1 is 1.33 bits per heavy atom. The normalized spacial score (nSPS) is 41.5. The van der Waals surface area contributed by atoms with E-state index >= 15 is 0 Å². The summed E-state index contributed by atoms with van der Waals surface area (Å²) in [7, 11) is 0. The van der Waals surface area contributed by atoms with Gasteiger partial charge in [-0.3, -0.25) is 9.69 Å². The summed E-state index contributed by atoms with van der Waals surface area (Å²) in [6, 6.07) is 1.14. The van der Waals surface area contributed by atoms with Crippen LogP contribution < -0.4 is 10.6 Å². The number of amides is 1. The fourth-order valence-corrected chi connectivity index (χ4v) is 4.55. The molecule has 3 heterocycles. The van der Waals surface area contributed by atoms with Crippen LogP contribution in [0.5, 0.6) is 0 Å². The van der Waals surface area contributed by atoms with E-state index in [4.69, 9.17) is 0 Å². The molecule has 3 saturated heterocycles. The first kappa shape index (κ1) is 12.8. The van der Waals surface area contributed by atoms with Crippen molar-refractivity contribution in [1.82, 2.24) is 15.5 Å². The second-order valence-electron chi connectivity index (χ2n) is 5.76. The summed E-state index contributed by atoms with van der Waals surface area (Å²) in [4.78, 5) is 14.1. The quantitative estimate of drug-likeness (QED) is 0.756. The van der Waals surface area contributed by atoms with Crippen LogP contribution in [0.2, 0.25) is 0 Å². The van der Waals surface area contributed by atoms with Gasteiger partial charge in [0.25, 0.3) is 0 Å². The molecule has 18 heavy (non-hydrogen) atoms. The second kappa shape index (κ2) is 5.39. The zero-order valence-corrected chi connectivity index (χ0v) is 11.8. The lowest BCUT2D eigenvalue weighted by Gasteiger charge is -2.44. The number of fused-ring (bicyclic) bond motifs is 1. The molecule has 0 aromatic rings. The van der Waals surface area contributed by atoms with E-state index in [1.807, 2.05) is 11.8 Å². The third-order valence-electron chi connectivity index (χ3n) is 4.75. The first-order valence-electron chi connectivity index (χ1n) is 7.05. The molecule has 1 amide bonds. The molecule has 0 radical (unpaired) electrons. The zero-order valence-electron chi connectivity index (χ0n) is 11.0. The van der Waals surface area contributed by atoms with E-state index in [0.717, 1.165) is 44.1 Å². The largest absolute Gasteiger partial charge is 0.353 e. The second-order valence-corrected chi connectivity index (χ2v) is 6.83. The van der Waals surface area contributed by atoms with Gasteiger partial charge in [-0.15, -0.1) is 0 Å².